The van der Waals surface area contributed by atoms with Gasteiger partial charge in [0.2, 0.25) is 0 Å². The average Bonchev–Trinajstić information content (AvgIpc) is 2.44. The number of aryl methyl sites for hydroxylation is 2. The summed E-state index contributed by atoms with van der Waals surface area (Å²) in [6, 6.07) is 14.0. The zero-order valence-corrected chi connectivity index (χ0v) is 13.4. The molecule has 2 atom stereocenters. The topological polar surface area (TPSA) is 46.2 Å². The van der Waals surface area contributed by atoms with Gasteiger partial charge in [-0.25, -0.2) is 0 Å². The molecular weight excluding hydrogens is 314 g/mol. The van der Waals surface area contributed by atoms with Crippen LogP contribution in [-0.2, 0) is 0 Å². The Morgan fingerprint density at radius 3 is 2.40 bits per heavy atom. The van der Waals surface area contributed by atoms with Crippen molar-refractivity contribution in [3.05, 3.63) is 69.2 Å². The van der Waals surface area contributed by atoms with Gasteiger partial charge in [0.1, 0.15) is 0 Å². The number of aliphatic hydroxyl groups is 1. The van der Waals surface area contributed by atoms with E-state index in [0.717, 1.165) is 15.6 Å². The Balaban J connectivity index is 2.36. The molecule has 0 heterocycles. The van der Waals surface area contributed by atoms with E-state index in [1.54, 1.807) is 0 Å². The highest BCUT2D eigenvalue weighted by atomic mass is 79.9. The van der Waals surface area contributed by atoms with Crippen molar-refractivity contribution >= 4 is 15.9 Å². The third-order valence-corrected chi connectivity index (χ3v) is 4.54. The van der Waals surface area contributed by atoms with E-state index in [9.17, 15) is 5.11 Å². The summed E-state index contributed by atoms with van der Waals surface area (Å²) in [4.78, 5) is 0. The molecule has 106 valence electrons. The molecule has 3 N–H and O–H groups in total. The molecule has 3 heteroatoms. The van der Waals surface area contributed by atoms with Crippen molar-refractivity contribution in [1.29, 1.82) is 0 Å². The summed E-state index contributed by atoms with van der Waals surface area (Å²) in [6.07, 6.45) is -0.613. The zero-order chi connectivity index (χ0) is 14.7. The Morgan fingerprint density at radius 1 is 1.10 bits per heavy atom. The summed E-state index contributed by atoms with van der Waals surface area (Å²) in [5.74, 6) is -0.104. The van der Waals surface area contributed by atoms with Crippen molar-refractivity contribution in [2.45, 2.75) is 25.9 Å². The van der Waals surface area contributed by atoms with Gasteiger partial charge in [-0.05, 0) is 42.2 Å². The SMILES string of the molecule is Cc1ccc(C(CN)C(O)c2ccccc2Br)cc1C. The number of benzene rings is 2. The molecule has 0 bridgehead atoms. The molecule has 0 fully saturated rings. The first-order valence-electron chi connectivity index (χ1n) is 6.74. The molecule has 2 unspecified atom stereocenters. The summed E-state index contributed by atoms with van der Waals surface area (Å²) in [5, 5.41) is 10.7. The Hall–Kier alpha value is -1.16. The minimum absolute atomic E-state index is 0.104. The molecule has 2 rings (SSSR count). The molecule has 2 nitrogen and oxygen atoms in total. The maximum Gasteiger partial charge on any atom is 0.0881 e. The fourth-order valence-corrected chi connectivity index (χ4v) is 2.89. The van der Waals surface area contributed by atoms with Gasteiger partial charge in [-0.2, -0.15) is 0 Å². The Morgan fingerprint density at radius 2 is 1.80 bits per heavy atom. The van der Waals surface area contributed by atoms with Crippen LogP contribution in [0.25, 0.3) is 0 Å². The second-order valence-corrected chi connectivity index (χ2v) is 6.01. The fourth-order valence-electron chi connectivity index (χ4n) is 2.37. The quantitative estimate of drug-likeness (QED) is 0.892. The number of rotatable bonds is 4. The van der Waals surface area contributed by atoms with Crippen LogP contribution in [0.1, 0.15) is 34.3 Å². The van der Waals surface area contributed by atoms with E-state index in [1.165, 1.54) is 11.1 Å². The lowest BCUT2D eigenvalue weighted by Crippen LogP contribution is -2.20. The van der Waals surface area contributed by atoms with Gasteiger partial charge in [-0.3, -0.25) is 0 Å². The molecule has 0 radical (unpaired) electrons. The smallest absolute Gasteiger partial charge is 0.0881 e. The molecule has 0 aliphatic heterocycles. The predicted molar refractivity (Wildman–Crippen MR) is 86.8 cm³/mol. The number of hydrogen-bond donors (Lipinski definition) is 2. The van der Waals surface area contributed by atoms with Gasteiger partial charge in [0.05, 0.1) is 6.10 Å². The van der Waals surface area contributed by atoms with E-state index in [1.807, 2.05) is 24.3 Å². The van der Waals surface area contributed by atoms with Crippen molar-refractivity contribution in [1.82, 2.24) is 0 Å². The van der Waals surface area contributed by atoms with Gasteiger partial charge < -0.3 is 10.8 Å². The standard InChI is InChI=1S/C17H20BrNO/c1-11-7-8-13(9-12(11)2)15(10-19)17(20)14-5-3-4-6-16(14)18/h3-9,15,17,20H,10,19H2,1-2H3. The highest BCUT2D eigenvalue weighted by molar-refractivity contribution is 9.10. The largest absolute Gasteiger partial charge is 0.388 e. The molecule has 2 aromatic carbocycles. The maximum atomic E-state index is 10.7. The first-order valence-corrected chi connectivity index (χ1v) is 7.53. The van der Waals surface area contributed by atoms with E-state index in [0.29, 0.717) is 6.54 Å². The van der Waals surface area contributed by atoms with Crippen LogP contribution in [0.5, 0.6) is 0 Å². The highest BCUT2D eigenvalue weighted by Gasteiger charge is 2.23. The first-order chi connectivity index (χ1) is 9.54. The monoisotopic (exact) mass is 333 g/mol. The van der Waals surface area contributed by atoms with Crippen molar-refractivity contribution < 1.29 is 5.11 Å². The van der Waals surface area contributed by atoms with Gasteiger partial charge in [-0.1, -0.05) is 52.3 Å². The Labute approximate surface area is 128 Å². The number of aliphatic hydroxyl groups excluding tert-OH is 1. The highest BCUT2D eigenvalue weighted by Crippen LogP contribution is 2.34. The van der Waals surface area contributed by atoms with Crippen molar-refractivity contribution in [3.63, 3.8) is 0 Å². The van der Waals surface area contributed by atoms with Crippen LogP contribution < -0.4 is 5.73 Å². The molecule has 0 saturated carbocycles. The van der Waals surface area contributed by atoms with Gasteiger partial charge in [-0.15, -0.1) is 0 Å². The van der Waals surface area contributed by atoms with Gasteiger partial charge in [0.15, 0.2) is 0 Å². The van der Waals surface area contributed by atoms with Crippen LogP contribution in [0.4, 0.5) is 0 Å². The van der Waals surface area contributed by atoms with E-state index >= 15 is 0 Å². The van der Waals surface area contributed by atoms with Crippen LogP contribution in [0.3, 0.4) is 0 Å². The molecule has 20 heavy (non-hydrogen) atoms. The van der Waals surface area contributed by atoms with Crippen LogP contribution in [0.2, 0.25) is 0 Å². The summed E-state index contributed by atoms with van der Waals surface area (Å²) in [6.45, 7) is 4.57. The van der Waals surface area contributed by atoms with Gasteiger partial charge in [0.25, 0.3) is 0 Å². The minimum Gasteiger partial charge on any atom is -0.388 e. The van der Waals surface area contributed by atoms with Crippen molar-refractivity contribution in [2.24, 2.45) is 5.73 Å². The summed E-state index contributed by atoms with van der Waals surface area (Å²) < 4.78 is 0.912. The average molecular weight is 334 g/mol. The third-order valence-electron chi connectivity index (χ3n) is 3.82. The molecule has 0 amide bonds. The van der Waals surface area contributed by atoms with E-state index in [4.69, 9.17) is 5.73 Å². The molecule has 0 saturated heterocycles. The predicted octanol–water partition coefficient (Wildman–Crippen LogP) is 3.84. The normalized spacial score (nSPS) is 14.1. The van der Waals surface area contributed by atoms with Crippen molar-refractivity contribution in [3.8, 4) is 0 Å². The van der Waals surface area contributed by atoms with Gasteiger partial charge in [0, 0.05) is 16.9 Å². The second-order valence-electron chi connectivity index (χ2n) is 5.15. The molecule has 0 spiro atoms. The Kier molecular flexibility index (Phi) is 4.97. The first kappa shape index (κ1) is 15.2. The summed E-state index contributed by atoms with van der Waals surface area (Å²) in [5.41, 5.74) is 10.3. The number of halogens is 1. The lowest BCUT2D eigenvalue weighted by molar-refractivity contribution is 0.146. The van der Waals surface area contributed by atoms with E-state index in [2.05, 4.69) is 48.0 Å². The van der Waals surface area contributed by atoms with Crippen LogP contribution in [-0.4, -0.2) is 11.7 Å². The number of nitrogens with two attached hydrogens (primary N) is 1. The molecular formula is C17H20BrNO. The van der Waals surface area contributed by atoms with Crippen LogP contribution >= 0.6 is 15.9 Å². The molecule has 0 aliphatic rings. The molecule has 0 aromatic heterocycles. The minimum atomic E-state index is -0.613. The Bertz CT molecular complexity index is 597. The van der Waals surface area contributed by atoms with Gasteiger partial charge >= 0.3 is 0 Å². The van der Waals surface area contributed by atoms with Crippen LogP contribution in [0, 0.1) is 13.8 Å². The lowest BCUT2D eigenvalue weighted by atomic mass is 9.88. The summed E-state index contributed by atoms with van der Waals surface area (Å²) in [7, 11) is 0. The van der Waals surface area contributed by atoms with Crippen molar-refractivity contribution in [2.75, 3.05) is 6.54 Å². The molecule has 2 aromatic rings. The third kappa shape index (κ3) is 3.11. The van der Waals surface area contributed by atoms with E-state index < -0.39 is 6.10 Å². The molecule has 0 aliphatic carbocycles. The second kappa shape index (κ2) is 6.53. The fraction of sp³-hybridized carbons (Fsp3) is 0.294. The zero-order valence-electron chi connectivity index (χ0n) is 11.8. The number of hydrogen-bond acceptors (Lipinski definition) is 2. The van der Waals surface area contributed by atoms with E-state index in [-0.39, 0.29) is 5.92 Å². The lowest BCUT2D eigenvalue weighted by Gasteiger charge is -2.24. The van der Waals surface area contributed by atoms with Crippen LogP contribution in [0.15, 0.2) is 46.9 Å². The summed E-state index contributed by atoms with van der Waals surface area (Å²) >= 11 is 3.49. The maximum absolute atomic E-state index is 10.7.